The molecule has 0 saturated carbocycles. The van der Waals surface area contributed by atoms with Crippen LogP contribution in [0.4, 0.5) is 20.4 Å². The third kappa shape index (κ3) is 2.75. The minimum atomic E-state index is -1.10. The fourth-order valence-corrected chi connectivity index (χ4v) is 1.93. The van der Waals surface area contributed by atoms with E-state index in [0.717, 1.165) is 0 Å². The fourth-order valence-electron chi connectivity index (χ4n) is 1.93. The summed E-state index contributed by atoms with van der Waals surface area (Å²) < 4.78 is 31.9. The number of nitrogens with zero attached hydrogens (tertiary/aromatic N) is 1. The molecule has 2 heterocycles. The third-order valence-electron chi connectivity index (χ3n) is 3.29. The average Bonchev–Trinajstić information content (AvgIpc) is 2.69. The van der Waals surface area contributed by atoms with E-state index in [2.05, 4.69) is 10.3 Å². The van der Waals surface area contributed by atoms with E-state index < -0.39 is 17.2 Å². The van der Waals surface area contributed by atoms with Gasteiger partial charge < -0.3 is 20.6 Å². The number of aliphatic hydroxyl groups is 1. The van der Waals surface area contributed by atoms with Crippen LogP contribution in [0, 0.1) is 11.6 Å². The molecule has 106 valence electrons. The normalized spacial score (nSPS) is 26.5. The van der Waals surface area contributed by atoms with E-state index in [1.165, 1.54) is 0 Å². The minimum absolute atomic E-state index is 0.0493. The molecular weight excluding hydrogens is 258 g/mol. The number of anilines is 2. The van der Waals surface area contributed by atoms with Crippen LogP contribution >= 0.6 is 0 Å². The number of hydrogen-bond donors (Lipinski definition) is 4. The summed E-state index contributed by atoms with van der Waals surface area (Å²) in [6.07, 6.45) is 0.0713. The predicted octanol–water partition coefficient (Wildman–Crippen LogP) is 0.597. The van der Waals surface area contributed by atoms with E-state index in [9.17, 15) is 13.9 Å². The van der Waals surface area contributed by atoms with Crippen LogP contribution in [-0.4, -0.2) is 34.9 Å². The molecule has 1 aromatic heterocycles. The van der Waals surface area contributed by atoms with Crippen LogP contribution in [-0.2, 0) is 4.74 Å². The Bertz CT molecular complexity index is 474. The van der Waals surface area contributed by atoms with E-state index >= 15 is 0 Å². The van der Waals surface area contributed by atoms with Crippen molar-refractivity contribution >= 4 is 11.6 Å². The van der Waals surface area contributed by atoms with Gasteiger partial charge in [0.1, 0.15) is 5.60 Å². The zero-order valence-electron chi connectivity index (χ0n) is 10.4. The van der Waals surface area contributed by atoms with Gasteiger partial charge in [0.05, 0.1) is 6.10 Å². The summed E-state index contributed by atoms with van der Waals surface area (Å²) in [5, 5.41) is 12.9. The van der Waals surface area contributed by atoms with Crippen molar-refractivity contribution < 1.29 is 18.6 Å². The molecule has 0 amide bonds. The Morgan fingerprint density at radius 1 is 1.53 bits per heavy atom. The Balaban J connectivity index is 2.11. The zero-order valence-corrected chi connectivity index (χ0v) is 10.4. The van der Waals surface area contributed by atoms with Crippen LogP contribution in [0.15, 0.2) is 6.07 Å². The summed E-state index contributed by atoms with van der Waals surface area (Å²) in [5.74, 6) is 2.87. The number of nitrogens with two attached hydrogens (primary N) is 1. The second-order valence-corrected chi connectivity index (χ2v) is 4.51. The van der Waals surface area contributed by atoms with Crippen LogP contribution in [0.3, 0.4) is 0 Å². The summed E-state index contributed by atoms with van der Waals surface area (Å²) >= 11 is 0. The van der Waals surface area contributed by atoms with Gasteiger partial charge in [0.15, 0.2) is 23.3 Å². The largest absolute Gasteiger partial charge is 0.385 e. The highest BCUT2D eigenvalue weighted by atomic mass is 19.1. The number of rotatable bonds is 4. The third-order valence-corrected chi connectivity index (χ3v) is 3.29. The molecule has 1 aromatic rings. The van der Waals surface area contributed by atoms with Crippen LogP contribution < -0.4 is 16.6 Å². The van der Waals surface area contributed by atoms with Gasteiger partial charge >= 0.3 is 0 Å². The lowest BCUT2D eigenvalue weighted by Crippen LogP contribution is -2.43. The number of hydrazine groups is 1. The molecule has 2 unspecified atom stereocenters. The number of pyridine rings is 1. The van der Waals surface area contributed by atoms with Gasteiger partial charge in [0, 0.05) is 25.6 Å². The Morgan fingerprint density at radius 2 is 2.21 bits per heavy atom. The van der Waals surface area contributed by atoms with Crippen molar-refractivity contribution in [2.45, 2.75) is 25.0 Å². The molecule has 0 aliphatic carbocycles. The van der Waals surface area contributed by atoms with E-state index in [1.54, 1.807) is 6.92 Å². The molecule has 8 heteroatoms. The molecule has 1 fully saturated rings. The SMILES string of the molecule is CC1OCCC1(O)CNc1nc(NN)c(F)cc1F. The Morgan fingerprint density at radius 3 is 2.79 bits per heavy atom. The lowest BCUT2D eigenvalue weighted by Gasteiger charge is -2.26. The first-order chi connectivity index (χ1) is 8.96. The smallest absolute Gasteiger partial charge is 0.178 e. The maximum atomic E-state index is 13.5. The van der Waals surface area contributed by atoms with E-state index in [4.69, 9.17) is 10.6 Å². The van der Waals surface area contributed by atoms with E-state index in [0.29, 0.717) is 19.1 Å². The van der Waals surface area contributed by atoms with Crippen LogP contribution in [0.5, 0.6) is 0 Å². The summed E-state index contributed by atoms with van der Waals surface area (Å²) in [4.78, 5) is 3.66. The standard InChI is InChI=1S/C11H16F2N4O2/c1-6-11(18,2-3-19-6)5-15-9-7(12)4-8(13)10(16-9)17-14/h4,6,18H,2-3,5,14H2,1H3,(H2,15,16,17). The molecule has 0 spiro atoms. The maximum absolute atomic E-state index is 13.5. The molecule has 6 nitrogen and oxygen atoms in total. The molecule has 1 aliphatic heterocycles. The molecular formula is C11H16F2N4O2. The van der Waals surface area contributed by atoms with Crippen molar-refractivity contribution in [2.24, 2.45) is 5.84 Å². The first kappa shape index (κ1) is 13.9. The van der Waals surface area contributed by atoms with Gasteiger partial charge in [-0.05, 0) is 6.92 Å². The van der Waals surface area contributed by atoms with E-state index in [-0.39, 0.29) is 24.3 Å². The molecule has 2 atom stereocenters. The highest BCUT2D eigenvalue weighted by Gasteiger charge is 2.39. The van der Waals surface area contributed by atoms with Crippen molar-refractivity contribution in [3.8, 4) is 0 Å². The second-order valence-electron chi connectivity index (χ2n) is 4.51. The number of nitrogens with one attached hydrogen (secondary N) is 2. The van der Waals surface area contributed by atoms with Crippen molar-refractivity contribution in [1.29, 1.82) is 0 Å². The fraction of sp³-hybridized carbons (Fsp3) is 0.545. The first-order valence-electron chi connectivity index (χ1n) is 5.87. The summed E-state index contributed by atoms with van der Waals surface area (Å²) in [7, 11) is 0. The van der Waals surface area contributed by atoms with Crippen molar-refractivity contribution in [2.75, 3.05) is 23.9 Å². The monoisotopic (exact) mass is 274 g/mol. The summed E-state index contributed by atoms with van der Waals surface area (Å²) in [5.41, 5.74) is 0.931. The number of nitrogen functional groups attached to an aromatic ring is 1. The highest BCUT2D eigenvalue weighted by molar-refractivity contribution is 5.47. The second kappa shape index (κ2) is 5.24. The van der Waals surface area contributed by atoms with Gasteiger partial charge in [0.2, 0.25) is 0 Å². The number of hydrogen-bond acceptors (Lipinski definition) is 6. The van der Waals surface area contributed by atoms with Gasteiger partial charge in [-0.1, -0.05) is 0 Å². The minimum Gasteiger partial charge on any atom is -0.385 e. The topological polar surface area (TPSA) is 92.4 Å². The summed E-state index contributed by atoms with van der Waals surface area (Å²) in [6.45, 7) is 2.22. The number of ether oxygens (including phenoxy) is 1. The molecule has 0 bridgehead atoms. The van der Waals surface area contributed by atoms with Crippen molar-refractivity contribution in [1.82, 2.24) is 4.98 Å². The van der Waals surface area contributed by atoms with Crippen molar-refractivity contribution in [3.05, 3.63) is 17.7 Å². The zero-order chi connectivity index (χ0) is 14.0. The van der Waals surface area contributed by atoms with E-state index in [1.807, 2.05) is 5.43 Å². The van der Waals surface area contributed by atoms with Gasteiger partial charge in [-0.2, -0.15) is 0 Å². The van der Waals surface area contributed by atoms with Crippen molar-refractivity contribution in [3.63, 3.8) is 0 Å². The molecule has 1 saturated heterocycles. The van der Waals surface area contributed by atoms with Gasteiger partial charge in [-0.15, -0.1) is 0 Å². The van der Waals surface area contributed by atoms with Gasteiger partial charge in [0.25, 0.3) is 0 Å². The summed E-state index contributed by atoms with van der Waals surface area (Å²) in [6, 6.07) is 0.670. The molecule has 5 N–H and O–H groups in total. The lowest BCUT2D eigenvalue weighted by atomic mass is 9.97. The Labute approximate surface area is 108 Å². The number of aromatic nitrogens is 1. The number of halogens is 2. The van der Waals surface area contributed by atoms with Gasteiger partial charge in [-0.3, -0.25) is 0 Å². The van der Waals surface area contributed by atoms with Crippen LogP contribution in [0.25, 0.3) is 0 Å². The van der Waals surface area contributed by atoms with Crippen LogP contribution in [0.1, 0.15) is 13.3 Å². The highest BCUT2D eigenvalue weighted by Crippen LogP contribution is 2.26. The molecule has 19 heavy (non-hydrogen) atoms. The Hall–Kier alpha value is -1.51. The predicted molar refractivity (Wildman–Crippen MR) is 65.4 cm³/mol. The molecule has 2 rings (SSSR count). The maximum Gasteiger partial charge on any atom is 0.178 e. The lowest BCUT2D eigenvalue weighted by molar-refractivity contribution is -0.0176. The molecule has 0 aromatic carbocycles. The van der Waals surface area contributed by atoms with Crippen LogP contribution in [0.2, 0.25) is 0 Å². The quantitative estimate of drug-likeness (QED) is 0.474. The molecule has 1 aliphatic rings. The average molecular weight is 274 g/mol. The first-order valence-corrected chi connectivity index (χ1v) is 5.87. The van der Waals surface area contributed by atoms with Gasteiger partial charge in [-0.25, -0.2) is 19.6 Å². The Kier molecular flexibility index (Phi) is 3.83. The molecule has 0 radical (unpaired) electrons.